The Kier molecular flexibility index (Phi) is 2.83. The summed E-state index contributed by atoms with van der Waals surface area (Å²) in [4.78, 5) is 15.9. The lowest BCUT2D eigenvalue weighted by Crippen LogP contribution is -2.36. The summed E-state index contributed by atoms with van der Waals surface area (Å²) in [7, 11) is 0. The highest BCUT2D eigenvalue weighted by Gasteiger charge is 2.47. The fourth-order valence-electron chi connectivity index (χ4n) is 2.71. The third-order valence-corrected chi connectivity index (χ3v) is 3.63. The van der Waals surface area contributed by atoms with Gasteiger partial charge in [-0.05, 0) is 13.3 Å². The first-order chi connectivity index (χ1) is 9.01. The zero-order chi connectivity index (χ0) is 13.6. The number of fused-ring (bicyclic) bond motifs is 1. The highest BCUT2D eigenvalue weighted by Crippen LogP contribution is 2.40. The van der Waals surface area contributed by atoms with Crippen molar-refractivity contribution in [2.75, 3.05) is 18.5 Å². The van der Waals surface area contributed by atoms with Crippen LogP contribution in [0.1, 0.15) is 25.1 Å². The summed E-state index contributed by atoms with van der Waals surface area (Å²) in [6, 6.07) is 0. The number of aliphatic hydroxyl groups is 1. The Morgan fingerprint density at radius 3 is 3.21 bits per heavy atom. The molecule has 3 heterocycles. The molecule has 7 heteroatoms. The minimum absolute atomic E-state index is 0.0654. The summed E-state index contributed by atoms with van der Waals surface area (Å²) >= 11 is 0. The Labute approximate surface area is 109 Å². The van der Waals surface area contributed by atoms with E-state index < -0.39 is 23.7 Å². The van der Waals surface area contributed by atoms with E-state index in [9.17, 15) is 9.18 Å². The molecule has 1 saturated heterocycles. The predicted molar refractivity (Wildman–Crippen MR) is 65.8 cm³/mol. The fraction of sp³-hybridized carbons (Fsp3) is 0.667. The maximum atomic E-state index is 14.5. The third-order valence-electron chi connectivity index (χ3n) is 3.63. The summed E-state index contributed by atoms with van der Waals surface area (Å²) in [6.07, 6.45) is 0.804. The first-order valence-corrected chi connectivity index (χ1v) is 6.32. The molecule has 2 N–H and O–H groups in total. The fourth-order valence-corrected chi connectivity index (χ4v) is 2.71. The minimum Gasteiger partial charge on any atom is -0.394 e. The number of aliphatic hydroxyl groups excluding tert-OH is 1. The SMILES string of the molecule is C[C@@]1(F)C[C@@H](CO)O[C@H]1n1cc2c(nc1=O)NCC2. The number of halogens is 1. The molecule has 0 aromatic carbocycles. The average molecular weight is 269 g/mol. The van der Waals surface area contributed by atoms with Gasteiger partial charge in [0.2, 0.25) is 0 Å². The van der Waals surface area contributed by atoms with Crippen molar-refractivity contribution in [3.63, 3.8) is 0 Å². The molecule has 2 aliphatic rings. The van der Waals surface area contributed by atoms with Crippen LogP contribution in [-0.4, -0.2) is 39.6 Å². The molecule has 1 aromatic heterocycles. The van der Waals surface area contributed by atoms with Crippen LogP contribution in [0.4, 0.5) is 10.2 Å². The summed E-state index contributed by atoms with van der Waals surface area (Å²) in [6.45, 7) is 1.85. The van der Waals surface area contributed by atoms with Crippen LogP contribution in [0.5, 0.6) is 0 Å². The highest BCUT2D eigenvalue weighted by molar-refractivity contribution is 5.47. The van der Waals surface area contributed by atoms with Gasteiger partial charge in [-0.1, -0.05) is 0 Å². The van der Waals surface area contributed by atoms with Crippen molar-refractivity contribution in [1.82, 2.24) is 9.55 Å². The zero-order valence-electron chi connectivity index (χ0n) is 10.6. The van der Waals surface area contributed by atoms with Gasteiger partial charge in [0.05, 0.1) is 12.7 Å². The summed E-state index contributed by atoms with van der Waals surface area (Å²) < 4.78 is 21.1. The van der Waals surface area contributed by atoms with Crippen molar-refractivity contribution < 1.29 is 14.2 Å². The molecule has 19 heavy (non-hydrogen) atoms. The third kappa shape index (κ3) is 2.02. The number of hydrogen-bond donors (Lipinski definition) is 2. The molecule has 1 fully saturated rings. The van der Waals surface area contributed by atoms with Crippen LogP contribution < -0.4 is 11.0 Å². The monoisotopic (exact) mass is 269 g/mol. The van der Waals surface area contributed by atoms with Crippen molar-refractivity contribution in [2.45, 2.75) is 37.8 Å². The maximum Gasteiger partial charge on any atom is 0.351 e. The van der Waals surface area contributed by atoms with Gasteiger partial charge in [0, 0.05) is 24.7 Å². The van der Waals surface area contributed by atoms with Gasteiger partial charge >= 0.3 is 5.69 Å². The van der Waals surface area contributed by atoms with E-state index in [4.69, 9.17) is 9.84 Å². The lowest BCUT2D eigenvalue weighted by molar-refractivity contribution is -0.0610. The topological polar surface area (TPSA) is 76.4 Å². The minimum atomic E-state index is -1.70. The largest absolute Gasteiger partial charge is 0.394 e. The molecule has 3 atom stereocenters. The van der Waals surface area contributed by atoms with Crippen molar-refractivity contribution >= 4 is 5.82 Å². The Hall–Kier alpha value is -1.47. The number of nitrogens with one attached hydrogen (secondary N) is 1. The van der Waals surface area contributed by atoms with E-state index >= 15 is 0 Å². The standard InChI is InChI=1S/C12H16FN3O3/c1-12(13)4-8(6-17)19-10(12)16-5-7-2-3-14-9(7)15-11(16)18/h5,8,10,17H,2-4,6H2,1H3,(H,14,15,18)/t8-,10+,12+/m0/s1. The van der Waals surface area contributed by atoms with Crippen LogP contribution in [0, 0.1) is 0 Å². The second-order valence-corrected chi connectivity index (χ2v) is 5.26. The Bertz CT molecular complexity index is 558. The summed E-state index contributed by atoms with van der Waals surface area (Å²) in [5, 5.41) is 12.1. The normalized spacial score (nSPS) is 33.2. The van der Waals surface area contributed by atoms with Crippen LogP contribution >= 0.6 is 0 Å². The van der Waals surface area contributed by atoms with Gasteiger partial charge < -0.3 is 15.2 Å². The lowest BCUT2D eigenvalue weighted by Gasteiger charge is -2.23. The van der Waals surface area contributed by atoms with Crippen molar-refractivity contribution in [3.05, 3.63) is 22.2 Å². The molecule has 3 rings (SSSR count). The molecule has 0 bridgehead atoms. The first-order valence-electron chi connectivity index (χ1n) is 6.32. The molecule has 0 unspecified atom stereocenters. The van der Waals surface area contributed by atoms with E-state index in [1.807, 2.05) is 0 Å². The molecule has 0 spiro atoms. The quantitative estimate of drug-likeness (QED) is 0.803. The van der Waals surface area contributed by atoms with Crippen LogP contribution in [0.25, 0.3) is 0 Å². The number of alkyl halides is 1. The molecule has 0 amide bonds. The molecular formula is C12H16FN3O3. The van der Waals surface area contributed by atoms with E-state index in [1.165, 1.54) is 11.5 Å². The van der Waals surface area contributed by atoms with Crippen LogP contribution in [0.15, 0.2) is 11.0 Å². The molecular weight excluding hydrogens is 253 g/mol. The van der Waals surface area contributed by atoms with Gasteiger partial charge in [-0.2, -0.15) is 4.98 Å². The van der Waals surface area contributed by atoms with E-state index in [0.29, 0.717) is 5.82 Å². The van der Waals surface area contributed by atoms with Gasteiger partial charge in [-0.3, -0.25) is 4.57 Å². The Morgan fingerprint density at radius 1 is 1.74 bits per heavy atom. The van der Waals surface area contributed by atoms with Crippen LogP contribution in [0.3, 0.4) is 0 Å². The Morgan fingerprint density at radius 2 is 2.53 bits per heavy atom. The van der Waals surface area contributed by atoms with Crippen LogP contribution in [-0.2, 0) is 11.2 Å². The van der Waals surface area contributed by atoms with E-state index in [1.54, 1.807) is 6.20 Å². The molecule has 0 radical (unpaired) electrons. The van der Waals surface area contributed by atoms with Crippen molar-refractivity contribution in [1.29, 1.82) is 0 Å². The van der Waals surface area contributed by atoms with Gasteiger partial charge in [0.25, 0.3) is 0 Å². The summed E-state index contributed by atoms with van der Waals surface area (Å²) in [5.74, 6) is 0.568. The molecule has 6 nitrogen and oxygen atoms in total. The number of aromatic nitrogens is 2. The van der Waals surface area contributed by atoms with E-state index in [2.05, 4.69) is 10.3 Å². The van der Waals surface area contributed by atoms with Crippen molar-refractivity contribution in [3.8, 4) is 0 Å². The maximum absolute atomic E-state index is 14.5. The number of rotatable bonds is 2. The second-order valence-electron chi connectivity index (χ2n) is 5.26. The smallest absolute Gasteiger partial charge is 0.351 e. The van der Waals surface area contributed by atoms with Gasteiger partial charge in [0.1, 0.15) is 5.82 Å². The van der Waals surface area contributed by atoms with Gasteiger partial charge in [-0.15, -0.1) is 0 Å². The summed E-state index contributed by atoms with van der Waals surface area (Å²) in [5.41, 5.74) is -1.36. The zero-order valence-corrected chi connectivity index (χ0v) is 10.6. The van der Waals surface area contributed by atoms with Gasteiger partial charge in [0.15, 0.2) is 11.9 Å². The molecule has 2 aliphatic heterocycles. The average Bonchev–Trinajstić information content (AvgIpc) is 2.91. The van der Waals surface area contributed by atoms with Crippen LogP contribution in [0.2, 0.25) is 0 Å². The van der Waals surface area contributed by atoms with Gasteiger partial charge in [-0.25, -0.2) is 9.18 Å². The Balaban J connectivity index is 2.00. The molecule has 1 aromatic rings. The number of hydrogen-bond acceptors (Lipinski definition) is 5. The van der Waals surface area contributed by atoms with E-state index in [0.717, 1.165) is 18.5 Å². The number of anilines is 1. The highest BCUT2D eigenvalue weighted by atomic mass is 19.1. The number of ether oxygens (including phenoxy) is 1. The lowest BCUT2D eigenvalue weighted by atomic mass is 10.0. The van der Waals surface area contributed by atoms with Crippen molar-refractivity contribution in [2.24, 2.45) is 0 Å². The molecule has 104 valence electrons. The predicted octanol–water partition coefficient (Wildman–Crippen LogP) is 0.219. The number of nitrogens with zero attached hydrogens (tertiary/aromatic N) is 2. The second kappa shape index (κ2) is 4.28. The molecule has 0 aliphatic carbocycles. The molecule has 0 saturated carbocycles. The first kappa shape index (κ1) is 12.6. The van der Waals surface area contributed by atoms with E-state index in [-0.39, 0.29) is 13.0 Å².